The van der Waals surface area contributed by atoms with Gasteiger partial charge in [-0.3, -0.25) is 4.79 Å². The second kappa shape index (κ2) is 7.07. The molecule has 0 saturated carbocycles. The molecule has 1 aliphatic heterocycles. The SMILES string of the molecule is CN(C(=O)COC(=O)c1cc(Cl)ccc1Cl)[C@@H]1CCS(=O)(=O)C1. The zero-order chi connectivity index (χ0) is 17.2. The Labute approximate surface area is 144 Å². The number of benzene rings is 1. The zero-order valence-corrected chi connectivity index (χ0v) is 14.6. The lowest BCUT2D eigenvalue weighted by atomic mass is 10.2. The molecule has 1 amide bonds. The van der Waals surface area contributed by atoms with Crippen molar-refractivity contribution < 1.29 is 22.7 Å². The summed E-state index contributed by atoms with van der Waals surface area (Å²) in [4.78, 5) is 25.3. The highest BCUT2D eigenvalue weighted by Gasteiger charge is 2.33. The minimum Gasteiger partial charge on any atom is -0.452 e. The molecule has 1 saturated heterocycles. The predicted octanol–water partition coefficient (Wildman–Crippen LogP) is 1.80. The minimum atomic E-state index is -3.09. The molecule has 126 valence electrons. The van der Waals surface area contributed by atoms with Crippen molar-refractivity contribution in [2.45, 2.75) is 12.5 Å². The molecule has 0 radical (unpaired) electrons. The minimum absolute atomic E-state index is 0.0627. The standard InChI is InChI=1S/C14H15Cl2NO5S/c1-17(10-4-5-23(20,21)8-10)13(18)7-22-14(19)11-6-9(15)2-3-12(11)16/h2-3,6,10H,4-5,7-8H2,1H3/t10-/m1/s1. The molecular formula is C14H15Cl2NO5S. The van der Waals surface area contributed by atoms with Gasteiger partial charge in [-0.2, -0.15) is 0 Å². The molecule has 0 aliphatic carbocycles. The molecule has 1 aliphatic rings. The first-order valence-electron chi connectivity index (χ1n) is 6.78. The number of nitrogens with zero attached hydrogens (tertiary/aromatic N) is 1. The van der Waals surface area contributed by atoms with Crippen LogP contribution in [0.3, 0.4) is 0 Å². The van der Waals surface area contributed by atoms with Crippen LogP contribution in [0.25, 0.3) is 0 Å². The van der Waals surface area contributed by atoms with E-state index in [4.69, 9.17) is 27.9 Å². The summed E-state index contributed by atoms with van der Waals surface area (Å²) in [6.45, 7) is -0.491. The molecule has 6 nitrogen and oxygen atoms in total. The fourth-order valence-electron chi connectivity index (χ4n) is 2.25. The average Bonchev–Trinajstić information content (AvgIpc) is 2.86. The molecule has 1 atom stereocenters. The van der Waals surface area contributed by atoms with Crippen LogP contribution < -0.4 is 0 Å². The monoisotopic (exact) mass is 379 g/mol. The number of likely N-dealkylation sites (N-methyl/N-ethyl adjacent to an activating group) is 1. The van der Waals surface area contributed by atoms with Crippen LogP contribution in [-0.4, -0.2) is 56.4 Å². The van der Waals surface area contributed by atoms with Gasteiger partial charge in [0.2, 0.25) is 0 Å². The van der Waals surface area contributed by atoms with Crippen LogP contribution in [-0.2, 0) is 19.4 Å². The number of ether oxygens (including phenoxy) is 1. The Hall–Kier alpha value is -1.31. The molecule has 23 heavy (non-hydrogen) atoms. The van der Waals surface area contributed by atoms with Gasteiger partial charge in [0.1, 0.15) is 0 Å². The van der Waals surface area contributed by atoms with E-state index in [2.05, 4.69) is 0 Å². The van der Waals surface area contributed by atoms with E-state index in [0.717, 1.165) is 0 Å². The number of hydrogen-bond acceptors (Lipinski definition) is 5. The number of hydrogen-bond donors (Lipinski definition) is 0. The molecule has 1 aromatic carbocycles. The van der Waals surface area contributed by atoms with Crippen LogP contribution in [0.4, 0.5) is 0 Å². The number of carbonyl (C=O) groups excluding carboxylic acids is 2. The van der Waals surface area contributed by atoms with Crippen LogP contribution in [0.15, 0.2) is 18.2 Å². The van der Waals surface area contributed by atoms with Crippen molar-refractivity contribution in [1.82, 2.24) is 4.90 Å². The van der Waals surface area contributed by atoms with Crippen molar-refractivity contribution in [3.05, 3.63) is 33.8 Å². The summed E-state index contributed by atoms with van der Waals surface area (Å²) in [5.41, 5.74) is 0.0677. The Morgan fingerprint density at radius 2 is 2.04 bits per heavy atom. The first-order chi connectivity index (χ1) is 10.7. The highest BCUT2D eigenvalue weighted by Crippen LogP contribution is 2.21. The fourth-order valence-corrected chi connectivity index (χ4v) is 4.39. The Morgan fingerprint density at radius 3 is 2.65 bits per heavy atom. The summed E-state index contributed by atoms with van der Waals surface area (Å²) in [5.74, 6) is -1.24. The summed E-state index contributed by atoms with van der Waals surface area (Å²) in [6, 6.07) is 3.95. The molecule has 0 bridgehead atoms. The number of rotatable bonds is 4. The molecule has 0 aromatic heterocycles. The van der Waals surface area contributed by atoms with E-state index in [1.54, 1.807) is 0 Å². The summed E-state index contributed by atoms with van der Waals surface area (Å²) in [5, 5.41) is 0.489. The molecule has 9 heteroatoms. The normalized spacial score (nSPS) is 19.3. The van der Waals surface area contributed by atoms with Gasteiger partial charge in [-0.1, -0.05) is 23.2 Å². The smallest absolute Gasteiger partial charge is 0.340 e. The highest BCUT2D eigenvalue weighted by atomic mass is 35.5. The van der Waals surface area contributed by atoms with E-state index in [0.29, 0.717) is 11.4 Å². The Morgan fingerprint density at radius 1 is 1.35 bits per heavy atom. The number of amides is 1. The van der Waals surface area contributed by atoms with Crippen molar-refractivity contribution in [3.63, 3.8) is 0 Å². The third-order valence-electron chi connectivity index (χ3n) is 3.62. The molecule has 0 N–H and O–H groups in total. The zero-order valence-electron chi connectivity index (χ0n) is 12.3. The lowest BCUT2D eigenvalue weighted by Crippen LogP contribution is -2.40. The number of sulfone groups is 1. The van der Waals surface area contributed by atoms with E-state index < -0.39 is 28.3 Å². The summed E-state index contributed by atoms with van der Waals surface area (Å²) in [6.07, 6.45) is 0.388. The quantitative estimate of drug-likeness (QED) is 0.744. The molecule has 2 rings (SSSR count). The van der Waals surface area contributed by atoms with Crippen LogP contribution in [0, 0.1) is 0 Å². The molecule has 0 spiro atoms. The van der Waals surface area contributed by atoms with E-state index >= 15 is 0 Å². The van der Waals surface area contributed by atoms with Gasteiger partial charge in [0.05, 0.1) is 22.1 Å². The van der Waals surface area contributed by atoms with E-state index in [1.807, 2.05) is 0 Å². The van der Waals surface area contributed by atoms with Crippen LogP contribution in [0.2, 0.25) is 10.0 Å². The second-order valence-corrected chi connectivity index (χ2v) is 8.33. The maximum absolute atomic E-state index is 12.0. The van der Waals surface area contributed by atoms with Gasteiger partial charge < -0.3 is 9.64 Å². The van der Waals surface area contributed by atoms with Gasteiger partial charge in [0.15, 0.2) is 16.4 Å². The summed E-state index contributed by atoms with van der Waals surface area (Å²) < 4.78 is 27.8. The first kappa shape index (κ1) is 18.0. The van der Waals surface area contributed by atoms with Crippen molar-refractivity contribution in [1.29, 1.82) is 0 Å². The topological polar surface area (TPSA) is 80.8 Å². The maximum atomic E-state index is 12.0. The molecule has 1 aromatic rings. The summed E-state index contributed by atoms with van der Waals surface area (Å²) >= 11 is 11.7. The van der Waals surface area contributed by atoms with Gasteiger partial charge >= 0.3 is 5.97 Å². The third kappa shape index (κ3) is 4.59. The van der Waals surface area contributed by atoms with Crippen molar-refractivity contribution in [2.24, 2.45) is 0 Å². The Bertz CT molecular complexity index is 735. The average molecular weight is 380 g/mol. The van der Waals surface area contributed by atoms with Gasteiger partial charge in [-0.05, 0) is 24.6 Å². The maximum Gasteiger partial charge on any atom is 0.340 e. The van der Waals surface area contributed by atoms with E-state index in [-0.39, 0.29) is 28.1 Å². The Kier molecular flexibility index (Phi) is 5.54. The van der Waals surface area contributed by atoms with Gasteiger partial charge in [-0.15, -0.1) is 0 Å². The fraction of sp³-hybridized carbons (Fsp3) is 0.429. The van der Waals surface area contributed by atoms with Crippen LogP contribution in [0.1, 0.15) is 16.8 Å². The lowest BCUT2D eigenvalue weighted by Gasteiger charge is -2.23. The molecule has 1 fully saturated rings. The van der Waals surface area contributed by atoms with Crippen LogP contribution >= 0.6 is 23.2 Å². The van der Waals surface area contributed by atoms with Gasteiger partial charge in [-0.25, -0.2) is 13.2 Å². The predicted molar refractivity (Wildman–Crippen MR) is 86.6 cm³/mol. The first-order valence-corrected chi connectivity index (χ1v) is 9.35. The van der Waals surface area contributed by atoms with E-state index in [1.165, 1.54) is 30.1 Å². The second-order valence-electron chi connectivity index (χ2n) is 5.26. The van der Waals surface area contributed by atoms with Gasteiger partial charge in [0, 0.05) is 18.1 Å². The van der Waals surface area contributed by atoms with Crippen molar-refractivity contribution in [3.8, 4) is 0 Å². The largest absolute Gasteiger partial charge is 0.452 e. The molecule has 1 heterocycles. The van der Waals surface area contributed by atoms with E-state index in [9.17, 15) is 18.0 Å². The summed E-state index contributed by atoms with van der Waals surface area (Å²) in [7, 11) is -1.60. The Balaban J connectivity index is 1.93. The lowest BCUT2D eigenvalue weighted by molar-refractivity contribution is -0.134. The number of halogens is 2. The number of esters is 1. The van der Waals surface area contributed by atoms with Gasteiger partial charge in [0.25, 0.3) is 5.91 Å². The molecule has 0 unspecified atom stereocenters. The van der Waals surface area contributed by atoms with Crippen molar-refractivity contribution >= 4 is 44.9 Å². The third-order valence-corrected chi connectivity index (χ3v) is 5.94. The highest BCUT2D eigenvalue weighted by molar-refractivity contribution is 7.91. The van der Waals surface area contributed by atoms with Crippen LogP contribution in [0.5, 0.6) is 0 Å². The molecular weight excluding hydrogens is 365 g/mol. The number of carbonyl (C=O) groups is 2. The van der Waals surface area contributed by atoms with Crippen molar-refractivity contribution in [2.75, 3.05) is 25.2 Å².